The van der Waals surface area contributed by atoms with Crippen molar-refractivity contribution in [3.8, 4) is 5.75 Å². The first-order valence-corrected chi connectivity index (χ1v) is 12.0. The first-order chi connectivity index (χ1) is 17.5. The summed E-state index contributed by atoms with van der Waals surface area (Å²) in [4.78, 5) is 25.5. The van der Waals surface area contributed by atoms with E-state index < -0.39 is 24.5 Å². The van der Waals surface area contributed by atoms with Gasteiger partial charge in [0.15, 0.2) is 13.2 Å². The van der Waals surface area contributed by atoms with Crippen LogP contribution in [0.3, 0.4) is 0 Å². The third-order valence-corrected chi connectivity index (χ3v) is 6.64. The number of allylic oxidation sites excluding steroid dienone is 1. The molecule has 1 aliphatic carbocycles. The van der Waals surface area contributed by atoms with E-state index >= 15 is 0 Å². The first kappa shape index (κ1) is 23.7. The highest BCUT2D eigenvalue weighted by Gasteiger charge is 2.45. The molecular weight excluding hydrogens is 460 g/mol. The number of hydrogen-bond acceptors (Lipinski definition) is 7. The lowest BCUT2D eigenvalue weighted by Gasteiger charge is -2.27. The molecule has 3 heterocycles. The molecular formula is C28H28N2O6. The summed E-state index contributed by atoms with van der Waals surface area (Å²) >= 11 is 0. The Hall–Kier alpha value is -4.07. The maximum atomic E-state index is 13.2. The minimum absolute atomic E-state index is 0.0149. The lowest BCUT2D eigenvalue weighted by atomic mass is 9.79. The van der Waals surface area contributed by atoms with Crippen LogP contribution in [0.15, 0.2) is 74.5 Å². The van der Waals surface area contributed by atoms with Gasteiger partial charge >= 0.3 is 5.97 Å². The molecule has 1 saturated carbocycles. The van der Waals surface area contributed by atoms with Gasteiger partial charge < -0.3 is 18.3 Å². The van der Waals surface area contributed by atoms with Crippen LogP contribution in [-0.2, 0) is 14.3 Å². The van der Waals surface area contributed by atoms with E-state index in [-0.39, 0.29) is 12.5 Å². The molecule has 0 bridgehead atoms. The molecule has 1 aromatic carbocycles. The lowest BCUT2D eigenvalue weighted by molar-refractivity contribution is -0.154. The summed E-state index contributed by atoms with van der Waals surface area (Å²) < 4.78 is 21.9. The second-order valence-electron chi connectivity index (χ2n) is 9.06. The lowest BCUT2D eigenvalue weighted by Crippen LogP contribution is -2.34. The predicted molar refractivity (Wildman–Crippen MR) is 132 cm³/mol. The highest BCUT2D eigenvalue weighted by atomic mass is 16.6. The van der Waals surface area contributed by atoms with Crippen molar-refractivity contribution in [3.05, 3.63) is 83.2 Å². The van der Waals surface area contributed by atoms with Crippen LogP contribution in [0, 0.1) is 19.8 Å². The molecule has 0 radical (unpaired) electrons. The van der Waals surface area contributed by atoms with Crippen LogP contribution in [0.4, 0.5) is 0 Å². The summed E-state index contributed by atoms with van der Waals surface area (Å²) in [6.45, 7) is 3.25. The van der Waals surface area contributed by atoms with Crippen molar-refractivity contribution in [3.63, 3.8) is 0 Å². The van der Waals surface area contributed by atoms with E-state index in [1.165, 1.54) is 5.01 Å². The molecule has 1 aliphatic heterocycles. The fourth-order valence-electron chi connectivity index (χ4n) is 4.69. The molecule has 36 heavy (non-hydrogen) atoms. The molecule has 2 unspecified atom stereocenters. The van der Waals surface area contributed by atoms with Crippen LogP contribution in [0.2, 0.25) is 0 Å². The Kier molecular flexibility index (Phi) is 6.75. The minimum Gasteiger partial charge on any atom is -0.482 e. The molecule has 0 saturated heterocycles. The number of hydrazone groups is 1. The van der Waals surface area contributed by atoms with Crippen molar-refractivity contribution >= 4 is 23.7 Å². The number of hydrogen-bond donors (Lipinski definition) is 0. The van der Waals surface area contributed by atoms with Gasteiger partial charge in [-0.3, -0.25) is 4.79 Å². The quantitative estimate of drug-likeness (QED) is 0.423. The second-order valence-corrected chi connectivity index (χ2v) is 9.06. The predicted octanol–water partition coefficient (Wildman–Crippen LogP) is 5.23. The summed E-state index contributed by atoms with van der Waals surface area (Å²) in [5.41, 5.74) is 4.08. The van der Waals surface area contributed by atoms with Crippen LogP contribution in [0.1, 0.15) is 48.0 Å². The van der Waals surface area contributed by atoms with Gasteiger partial charge in [-0.1, -0.05) is 6.07 Å². The summed E-state index contributed by atoms with van der Waals surface area (Å²) in [5, 5.41) is 6.11. The average molecular weight is 489 g/mol. The number of ether oxygens (including phenoxy) is 2. The van der Waals surface area contributed by atoms with Gasteiger partial charge in [-0.05, 0) is 92.3 Å². The van der Waals surface area contributed by atoms with Crippen molar-refractivity contribution in [2.24, 2.45) is 11.0 Å². The SMILES string of the molecule is Cc1ccc(OCC(=O)OCC(=O)N2N=C3C(=Cc4ccco4)CCCC3C2c2ccco2)cc1C. The number of esters is 1. The number of nitrogens with zero attached hydrogens (tertiary/aromatic N) is 2. The third kappa shape index (κ3) is 4.98. The molecule has 0 N–H and O–H groups in total. The summed E-state index contributed by atoms with van der Waals surface area (Å²) in [6, 6.07) is 12.5. The first-order valence-electron chi connectivity index (χ1n) is 12.0. The minimum atomic E-state index is -0.626. The molecule has 186 valence electrons. The number of benzene rings is 1. The second kappa shape index (κ2) is 10.3. The zero-order chi connectivity index (χ0) is 25.1. The van der Waals surface area contributed by atoms with E-state index in [4.69, 9.17) is 23.4 Å². The topological polar surface area (TPSA) is 94.5 Å². The Balaban J connectivity index is 1.28. The van der Waals surface area contributed by atoms with Gasteiger partial charge in [0.2, 0.25) is 0 Å². The Morgan fingerprint density at radius 1 is 1.08 bits per heavy atom. The molecule has 3 aromatic rings. The Bertz CT molecular complexity index is 1290. The van der Waals surface area contributed by atoms with Gasteiger partial charge in [0.25, 0.3) is 5.91 Å². The molecule has 5 rings (SSSR count). The van der Waals surface area contributed by atoms with E-state index in [1.807, 2.05) is 50.3 Å². The van der Waals surface area contributed by atoms with E-state index in [1.54, 1.807) is 24.7 Å². The molecule has 2 aromatic heterocycles. The average Bonchev–Trinajstić information content (AvgIpc) is 3.64. The Labute approximate surface area is 209 Å². The number of aryl methyl sites for hydroxylation is 2. The molecule has 1 fully saturated rings. The third-order valence-electron chi connectivity index (χ3n) is 6.64. The van der Waals surface area contributed by atoms with E-state index in [9.17, 15) is 9.59 Å². The van der Waals surface area contributed by atoms with Crippen molar-refractivity contribution in [2.75, 3.05) is 13.2 Å². The number of amides is 1. The maximum Gasteiger partial charge on any atom is 0.344 e. The largest absolute Gasteiger partial charge is 0.482 e. The van der Waals surface area contributed by atoms with Gasteiger partial charge in [-0.25, -0.2) is 9.80 Å². The molecule has 2 aliphatic rings. The van der Waals surface area contributed by atoms with Crippen molar-refractivity contribution in [2.45, 2.75) is 39.2 Å². The van der Waals surface area contributed by atoms with Gasteiger partial charge in [0.1, 0.15) is 23.3 Å². The molecule has 1 amide bonds. The molecule has 8 nitrogen and oxygen atoms in total. The number of fused-ring (bicyclic) bond motifs is 1. The number of carbonyl (C=O) groups excluding carboxylic acids is 2. The van der Waals surface area contributed by atoms with Gasteiger partial charge in [-0.2, -0.15) is 5.10 Å². The fourth-order valence-corrected chi connectivity index (χ4v) is 4.69. The van der Waals surface area contributed by atoms with E-state index in [0.29, 0.717) is 11.5 Å². The summed E-state index contributed by atoms with van der Waals surface area (Å²) in [5.74, 6) is 0.902. The van der Waals surface area contributed by atoms with Crippen LogP contribution in [0.5, 0.6) is 5.75 Å². The summed E-state index contributed by atoms with van der Waals surface area (Å²) in [6.07, 6.45) is 7.86. The highest BCUT2D eigenvalue weighted by Crippen LogP contribution is 2.44. The normalized spacial score (nSPS) is 20.2. The summed E-state index contributed by atoms with van der Waals surface area (Å²) in [7, 11) is 0. The van der Waals surface area contributed by atoms with Gasteiger partial charge in [0, 0.05) is 5.92 Å². The molecule has 2 atom stereocenters. The van der Waals surface area contributed by atoms with Crippen molar-refractivity contribution in [1.82, 2.24) is 5.01 Å². The van der Waals surface area contributed by atoms with E-state index in [2.05, 4.69) is 0 Å². The molecule has 8 heteroatoms. The van der Waals surface area contributed by atoms with Crippen molar-refractivity contribution < 1.29 is 27.9 Å². The monoisotopic (exact) mass is 488 g/mol. The fraction of sp³-hybridized carbons (Fsp3) is 0.321. The van der Waals surface area contributed by atoms with E-state index in [0.717, 1.165) is 47.4 Å². The van der Waals surface area contributed by atoms with Crippen LogP contribution in [0.25, 0.3) is 6.08 Å². The maximum absolute atomic E-state index is 13.2. The number of furan rings is 2. The number of carbonyl (C=O) groups is 2. The standard InChI is InChI=1S/C28H28N2O6/c1-18-10-11-22(14-19(18)2)35-17-26(32)36-16-25(31)30-28(24-9-5-13-34-24)23-8-3-6-20(27(23)29-30)15-21-7-4-12-33-21/h4-5,7,9-15,23,28H,3,6,8,16-17H2,1-2H3. The zero-order valence-electron chi connectivity index (χ0n) is 20.3. The van der Waals surface area contributed by atoms with Crippen molar-refractivity contribution in [1.29, 1.82) is 0 Å². The van der Waals surface area contributed by atoms with Gasteiger partial charge in [-0.15, -0.1) is 0 Å². The smallest absolute Gasteiger partial charge is 0.344 e. The number of rotatable bonds is 7. The zero-order valence-corrected chi connectivity index (χ0v) is 20.3. The Morgan fingerprint density at radius 3 is 2.67 bits per heavy atom. The van der Waals surface area contributed by atoms with Crippen LogP contribution in [-0.4, -0.2) is 35.8 Å². The van der Waals surface area contributed by atoms with Crippen LogP contribution < -0.4 is 4.74 Å². The highest BCUT2D eigenvalue weighted by molar-refractivity contribution is 6.08. The van der Waals surface area contributed by atoms with Gasteiger partial charge in [0.05, 0.1) is 18.2 Å². The van der Waals surface area contributed by atoms with Crippen LogP contribution >= 0.6 is 0 Å². The molecule has 0 spiro atoms. The Morgan fingerprint density at radius 2 is 1.92 bits per heavy atom.